The van der Waals surface area contributed by atoms with Crippen LogP contribution in [-0.4, -0.2) is 40.4 Å². The zero-order chi connectivity index (χ0) is 22.7. The summed E-state index contributed by atoms with van der Waals surface area (Å²) in [7, 11) is 2.10. The third-order valence-corrected chi connectivity index (χ3v) is 6.80. The summed E-state index contributed by atoms with van der Waals surface area (Å²) in [4.78, 5) is 17.6. The molecule has 1 amide bonds. The fourth-order valence-corrected chi connectivity index (χ4v) is 5.72. The molecule has 5 heteroatoms. The third-order valence-electron chi connectivity index (χ3n) is 6.80. The first-order chi connectivity index (χ1) is 15.3. The number of aromatic nitrogens is 1. The van der Waals surface area contributed by atoms with Crippen LogP contribution >= 0.6 is 0 Å². The molecule has 2 aromatic carbocycles. The average Bonchev–Trinajstić information content (AvgIpc) is 3.38. The van der Waals surface area contributed by atoms with E-state index >= 15 is 0 Å². The molecular formula is C27H31N3O2. The molecule has 3 heterocycles. The van der Waals surface area contributed by atoms with Crippen LogP contribution in [0.3, 0.4) is 0 Å². The molecule has 2 atom stereocenters. The Hall–Kier alpha value is -3.21. The van der Waals surface area contributed by atoms with Gasteiger partial charge in [-0.2, -0.15) is 0 Å². The van der Waals surface area contributed by atoms with E-state index in [4.69, 9.17) is 4.74 Å². The Bertz CT molecular complexity index is 1210. The second-order valence-corrected chi connectivity index (χ2v) is 9.90. The molecule has 0 aliphatic carbocycles. The van der Waals surface area contributed by atoms with Crippen molar-refractivity contribution in [3.63, 3.8) is 0 Å². The summed E-state index contributed by atoms with van der Waals surface area (Å²) >= 11 is 0. The molecule has 32 heavy (non-hydrogen) atoms. The summed E-state index contributed by atoms with van der Waals surface area (Å²) in [5.74, 6) is 0. The Labute approximate surface area is 189 Å². The monoisotopic (exact) mass is 429 g/mol. The van der Waals surface area contributed by atoms with Crippen LogP contribution in [0.4, 0.5) is 10.5 Å². The minimum atomic E-state index is -0.545. The molecule has 1 saturated heterocycles. The summed E-state index contributed by atoms with van der Waals surface area (Å²) in [6.45, 7) is 11.1. The summed E-state index contributed by atoms with van der Waals surface area (Å²) in [6, 6.07) is 17.1. The Morgan fingerprint density at radius 1 is 1.16 bits per heavy atom. The molecule has 1 aromatic heterocycles. The van der Waals surface area contributed by atoms with E-state index in [0.29, 0.717) is 13.1 Å². The molecule has 2 aliphatic rings. The Morgan fingerprint density at radius 3 is 2.62 bits per heavy atom. The minimum Gasteiger partial charge on any atom is -0.444 e. The number of anilines is 1. The lowest BCUT2D eigenvalue weighted by Crippen LogP contribution is -2.53. The second kappa shape index (κ2) is 7.16. The predicted molar refractivity (Wildman–Crippen MR) is 129 cm³/mol. The van der Waals surface area contributed by atoms with E-state index in [1.54, 1.807) is 0 Å². The number of benzene rings is 2. The molecule has 0 spiro atoms. The highest BCUT2D eigenvalue weighted by molar-refractivity contribution is 5.88. The van der Waals surface area contributed by atoms with Gasteiger partial charge in [0.2, 0.25) is 0 Å². The SMILES string of the molecule is C=CCN1c2ccccc2[C@]2(c3cn(C)c4ccccc34)CCN(C(=O)OC(C)(C)C)[C@H]12. The molecule has 5 rings (SSSR count). The van der Waals surface area contributed by atoms with Crippen molar-refractivity contribution in [3.05, 3.63) is 78.5 Å². The zero-order valence-electron chi connectivity index (χ0n) is 19.3. The number of hydrogen-bond acceptors (Lipinski definition) is 3. The van der Waals surface area contributed by atoms with Crippen molar-refractivity contribution in [2.75, 3.05) is 18.0 Å². The average molecular weight is 430 g/mol. The first kappa shape index (κ1) is 20.7. The lowest BCUT2D eigenvalue weighted by atomic mass is 9.73. The van der Waals surface area contributed by atoms with Gasteiger partial charge in [0, 0.05) is 42.9 Å². The number of likely N-dealkylation sites (tertiary alicyclic amines) is 1. The van der Waals surface area contributed by atoms with E-state index in [9.17, 15) is 4.79 Å². The van der Waals surface area contributed by atoms with Gasteiger partial charge in [0.15, 0.2) is 0 Å². The lowest BCUT2D eigenvalue weighted by Gasteiger charge is -2.38. The van der Waals surface area contributed by atoms with Gasteiger partial charge < -0.3 is 14.2 Å². The summed E-state index contributed by atoms with van der Waals surface area (Å²) in [5.41, 5.74) is 4.03. The van der Waals surface area contributed by atoms with Crippen molar-refractivity contribution in [2.45, 2.75) is 44.4 Å². The van der Waals surface area contributed by atoms with Gasteiger partial charge in [0.05, 0.1) is 5.41 Å². The summed E-state index contributed by atoms with van der Waals surface area (Å²) < 4.78 is 8.06. The maximum absolute atomic E-state index is 13.4. The number of aryl methyl sites for hydroxylation is 1. The fraction of sp³-hybridized carbons (Fsp3) is 0.370. The molecule has 2 aliphatic heterocycles. The number of carbonyl (C=O) groups excluding carboxylic acids is 1. The van der Waals surface area contributed by atoms with Crippen LogP contribution in [0.15, 0.2) is 67.4 Å². The van der Waals surface area contributed by atoms with E-state index < -0.39 is 5.60 Å². The maximum Gasteiger partial charge on any atom is 0.411 e. The predicted octanol–water partition coefficient (Wildman–Crippen LogP) is 5.44. The topological polar surface area (TPSA) is 37.7 Å². The van der Waals surface area contributed by atoms with Gasteiger partial charge in [0.25, 0.3) is 0 Å². The highest BCUT2D eigenvalue weighted by Crippen LogP contribution is 2.57. The number of para-hydroxylation sites is 2. The van der Waals surface area contributed by atoms with Crippen molar-refractivity contribution >= 4 is 22.7 Å². The second-order valence-electron chi connectivity index (χ2n) is 9.90. The Balaban J connectivity index is 1.75. The van der Waals surface area contributed by atoms with Crippen LogP contribution in [0, 0.1) is 0 Å². The molecule has 0 bridgehead atoms. The molecular weight excluding hydrogens is 398 g/mol. The third kappa shape index (κ3) is 2.87. The van der Waals surface area contributed by atoms with E-state index in [2.05, 4.69) is 77.8 Å². The number of nitrogens with zero attached hydrogens (tertiary/aromatic N) is 3. The first-order valence-electron chi connectivity index (χ1n) is 11.3. The standard InChI is InChI=1S/C27H31N3O2/c1-6-16-29-23-14-10-8-12-20(23)27(21-18-28(5)22-13-9-7-11-19(21)22)15-17-30(24(27)29)25(31)32-26(2,3)4/h6-14,18,24H,1,15-17H2,2-5H3/t24-,27-/m0/s1. The van der Waals surface area contributed by atoms with E-state index in [-0.39, 0.29) is 17.7 Å². The molecule has 0 saturated carbocycles. The largest absolute Gasteiger partial charge is 0.444 e. The summed E-state index contributed by atoms with van der Waals surface area (Å²) in [5, 5.41) is 1.24. The van der Waals surface area contributed by atoms with Gasteiger partial charge in [-0.15, -0.1) is 6.58 Å². The van der Waals surface area contributed by atoms with Crippen molar-refractivity contribution in [1.29, 1.82) is 0 Å². The number of amides is 1. The van der Waals surface area contributed by atoms with Gasteiger partial charge in [-0.3, -0.25) is 4.90 Å². The maximum atomic E-state index is 13.4. The van der Waals surface area contributed by atoms with Crippen LogP contribution < -0.4 is 4.90 Å². The van der Waals surface area contributed by atoms with Gasteiger partial charge >= 0.3 is 6.09 Å². The molecule has 3 aromatic rings. The zero-order valence-corrected chi connectivity index (χ0v) is 19.3. The van der Waals surface area contributed by atoms with Crippen LogP contribution in [0.25, 0.3) is 10.9 Å². The van der Waals surface area contributed by atoms with Gasteiger partial charge in [-0.05, 0) is 50.5 Å². The number of fused-ring (bicyclic) bond motifs is 4. The fourth-order valence-electron chi connectivity index (χ4n) is 5.72. The van der Waals surface area contributed by atoms with E-state index in [1.807, 2.05) is 31.7 Å². The normalized spacial score (nSPS) is 22.2. The quantitative estimate of drug-likeness (QED) is 0.521. The Kier molecular flexibility index (Phi) is 4.63. The molecule has 0 unspecified atom stereocenters. The molecule has 0 radical (unpaired) electrons. The van der Waals surface area contributed by atoms with Crippen LogP contribution in [0.5, 0.6) is 0 Å². The number of carbonyl (C=O) groups is 1. The van der Waals surface area contributed by atoms with Crippen molar-refractivity contribution in [2.24, 2.45) is 7.05 Å². The number of ether oxygens (including phenoxy) is 1. The summed E-state index contributed by atoms with van der Waals surface area (Å²) in [6.07, 6.45) is 4.59. The van der Waals surface area contributed by atoms with Crippen LogP contribution in [-0.2, 0) is 17.2 Å². The van der Waals surface area contributed by atoms with Crippen molar-refractivity contribution in [1.82, 2.24) is 9.47 Å². The van der Waals surface area contributed by atoms with Crippen LogP contribution in [0.1, 0.15) is 38.3 Å². The first-order valence-corrected chi connectivity index (χ1v) is 11.3. The van der Waals surface area contributed by atoms with Gasteiger partial charge in [-0.25, -0.2) is 4.79 Å². The molecule has 5 nitrogen and oxygen atoms in total. The van der Waals surface area contributed by atoms with E-state index in [0.717, 1.165) is 6.42 Å². The lowest BCUT2D eigenvalue weighted by molar-refractivity contribution is 0.0211. The van der Waals surface area contributed by atoms with Crippen molar-refractivity contribution in [3.8, 4) is 0 Å². The van der Waals surface area contributed by atoms with E-state index in [1.165, 1.54) is 27.7 Å². The number of rotatable bonds is 3. The smallest absolute Gasteiger partial charge is 0.411 e. The van der Waals surface area contributed by atoms with Crippen molar-refractivity contribution < 1.29 is 9.53 Å². The molecule has 0 N–H and O–H groups in total. The highest BCUT2D eigenvalue weighted by Gasteiger charge is 2.60. The Morgan fingerprint density at radius 2 is 1.88 bits per heavy atom. The molecule has 1 fully saturated rings. The minimum absolute atomic E-state index is 0.168. The number of hydrogen-bond donors (Lipinski definition) is 0. The molecule has 166 valence electrons. The van der Waals surface area contributed by atoms with Gasteiger partial charge in [0.1, 0.15) is 11.8 Å². The van der Waals surface area contributed by atoms with Gasteiger partial charge in [-0.1, -0.05) is 42.5 Å². The highest BCUT2D eigenvalue weighted by atomic mass is 16.6. The van der Waals surface area contributed by atoms with Crippen LogP contribution in [0.2, 0.25) is 0 Å².